The molecule has 0 aliphatic heterocycles. The highest BCUT2D eigenvalue weighted by Gasteiger charge is 2.21. The number of ether oxygens (including phenoxy) is 2. The molecule has 0 atom stereocenters. The van der Waals surface area contributed by atoms with E-state index in [1.54, 1.807) is 38.1 Å². The number of rotatable bonds is 10. The summed E-state index contributed by atoms with van der Waals surface area (Å²) in [6.07, 6.45) is 0. The summed E-state index contributed by atoms with van der Waals surface area (Å²) in [5.41, 5.74) is 0.817. The highest BCUT2D eigenvalue weighted by Crippen LogP contribution is 2.23. The average Bonchev–Trinajstić information content (AvgIpc) is 3.27. The van der Waals surface area contributed by atoms with Crippen molar-refractivity contribution in [1.82, 2.24) is 20.2 Å². The molecular formula is C22H26N4O6S. The number of hydrogen-bond acceptors (Lipinski definition) is 8. The monoisotopic (exact) mass is 474 g/mol. The van der Waals surface area contributed by atoms with Gasteiger partial charge in [0.1, 0.15) is 11.5 Å². The van der Waals surface area contributed by atoms with Gasteiger partial charge in [0.05, 0.1) is 30.7 Å². The maximum absolute atomic E-state index is 12.8. The van der Waals surface area contributed by atoms with Gasteiger partial charge >= 0.3 is 0 Å². The summed E-state index contributed by atoms with van der Waals surface area (Å²) in [5.74, 6) is 0.969. The van der Waals surface area contributed by atoms with E-state index in [1.165, 1.54) is 25.3 Å². The van der Waals surface area contributed by atoms with Crippen LogP contribution in [0, 0.1) is 0 Å². The van der Waals surface area contributed by atoms with E-state index in [1.807, 2.05) is 6.92 Å². The maximum atomic E-state index is 12.8. The fourth-order valence-electron chi connectivity index (χ4n) is 2.92. The first-order valence-electron chi connectivity index (χ1n) is 10.3. The summed E-state index contributed by atoms with van der Waals surface area (Å²) in [4.78, 5) is 16.6. The zero-order valence-corrected chi connectivity index (χ0v) is 19.6. The molecule has 2 N–H and O–H groups in total. The molecular weight excluding hydrogens is 448 g/mol. The Bertz CT molecular complexity index is 1210. The molecule has 3 aromatic rings. The number of benzene rings is 2. The number of amides is 1. The number of hydrogen-bond donors (Lipinski definition) is 2. The van der Waals surface area contributed by atoms with Crippen LogP contribution in [0.2, 0.25) is 0 Å². The molecule has 0 bridgehead atoms. The minimum atomic E-state index is -3.97. The molecule has 0 aliphatic rings. The van der Waals surface area contributed by atoms with Crippen molar-refractivity contribution in [3.63, 3.8) is 0 Å². The van der Waals surface area contributed by atoms with Crippen molar-refractivity contribution < 1.29 is 27.2 Å². The van der Waals surface area contributed by atoms with E-state index < -0.39 is 15.9 Å². The third-order valence-electron chi connectivity index (χ3n) is 4.45. The highest BCUT2D eigenvalue weighted by atomic mass is 32.2. The number of carbonyl (C=O) groups excluding carboxylic acids is 1. The molecule has 0 fully saturated rings. The number of aromatic nitrogens is 2. The summed E-state index contributed by atoms with van der Waals surface area (Å²) < 4.78 is 43.8. The fourth-order valence-corrected chi connectivity index (χ4v) is 3.92. The van der Waals surface area contributed by atoms with Gasteiger partial charge in [-0.2, -0.15) is 4.98 Å². The first-order valence-corrected chi connectivity index (χ1v) is 11.8. The lowest BCUT2D eigenvalue weighted by Gasteiger charge is -2.13. The molecule has 176 valence electrons. The Morgan fingerprint density at radius 1 is 1.15 bits per heavy atom. The molecule has 0 unspecified atom stereocenters. The zero-order valence-electron chi connectivity index (χ0n) is 18.8. The molecule has 3 rings (SSSR count). The number of nitrogens with one attached hydrogen (secondary N) is 2. The van der Waals surface area contributed by atoms with Gasteiger partial charge in [-0.15, -0.1) is 0 Å². The minimum Gasteiger partial charge on any atom is -0.496 e. The molecule has 0 saturated heterocycles. The number of sulfonamides is 1. The molecule has 33 heavy (non-hydrogen) atoms. The average molecular weight is 475 g/mol. The second-order valence-electron chi connectivity index (χ2n) is 7.28. The molecule has 11 heteroatoms. The van der Waals surface area contributed by atoms with Gasteiger partial charge in [0.25, 0.3) is 5.91 Å². The van der Waals surface area contributed by atoms with Crippen molar-refractivity contribution in [2.75, 3.05) is 13.7 Å². The predicted molar refractivity (Wildman–Crippen MR) is 121 cm³/mol. The van der Waals surface area contributed by atoms with E-state index in [4.69, 9.17) is 14.0 Å². The first kappa shape index (κ1) is 24.2. The summed E-state index contributed by atoms with van der Waals surface area (Å²) in [5, 5.41) is 6.62. The molecule has 1 aromatic heterocycles. The van der Waals surface area contributed by atoms with Crippen molar-refractivity contribution >= 4 is 15.9 Å². The van der Waals surface area contributed by atoms with Crippen molar-refractivity contribution in [3.8, 4) is 22.9 Å². The molecule has 0 spiro atoms. The SMILES string of the molecule is CCOc1ccc(-c2noc(CNS(=O)(=O)c3ccc(OC)c(C(=O)NC(C)C)c3)n2)cc1. The van der Waals surface area contributed by atoms with Crippen molar-refractivity contribution in [2.24, 2.45) is 0 Å². The van der Waals surface area contributed by atoms with Crippen LogP contribution in [0.4, 0.5) is 0 Å². The van der Waals surface area contributed by atoms with Crippen LogP contribution in [-0.2, 0) is 16.6 Å². The molecule has 0 aliphatic carbocycles. The zero-order chi connectivity index (χ0) is 24.0. The Kier molecular flexibility index (Phi) is 7.67. The largest absolute Gasteiger partial charge is 0.496 e. The van der Waals surface area contributed by atoms with Gasteiger partial charge in [0.15, 0.2) is 0 Å². The van der Waals surface area contributed by atoms with Crippen molar-refractivity contribution in [2.45, 2.75) is 38.3 Å². The lowest BCUT2D eigenvalue weighted by atomic mass is 10.2. The summed E-state index contributed by atoms with van der Waals surface area (Å²) >= 11 is 0. The summed E-state index contributed by atoms with van der Waals surface area (Å²) in [6, 6.07) is 11.1. The quantitative estimate of drug-likeness (QED) is 0.458. The van der Waals surface area contributed by atoms with E-state index in [2.05, 4.69) is 20.2 Å². The van der Waals surface area contributed by atoms with Crippen LogP contribution in [0.3, 0.4) is 0 Å². The molecule has 10 nitrogen and oxygen atoms in total. The molecule has 1 amide bonds. The Morgan fingerprint density at radius 2 is 1.88 bits per heavy atom. The number of methoxy groups -OCH3 is 1. The Hall–Kier alpha value is -3.44. The van der Waals surface area contributed by atoms with E-state index in [0.717, 1.165) is 5.75 Å². The molecule has 1 heterocycles. The smallest absolute Gasteiger partial charge is 0.255 e. The third kappa shape index (κ3) is 6.08. The fraction of sp³-hybridized carbons (Fsp3) is 0.318. The topological polar surface area (TPSA) is 133 Å². The van der Waals surface area contributed by atoms with Crippen molar-refractivity contribution in [1.29, 1.82) is 0 Å². The van der Waals surface area contributed by atoms with Crippen LogP contribution in [0.1, 0.15) is 37.0 Å². The van der Waals surface area contributed by atoms with E-state index in [-0.39, 0.29) is 34.7 Å². The standard InChI is InChI=1S/C22H26N4O6S/c1-5-31-16-8-6-15(7-9-16)21-25-20(32-26-21)13-23-33(28,29)17-10-11-19(30-4)18(12-17)22(27)24-14(2)3/h6-12,14,23H,5,13H2,1-4H3,(H,24,27). The van der Waals surface area contributed by atoms with Gasteiger partial charge < -0.3 is 19.3 Å². The van der Waals surface area contributed by atoms with Crippen LogP contribution in [0.15, 0.2) is 51.9 Å². The maximum Gasteiger partial charge on any atom is 0.255 e. The van der Waals surface area contributed by atoms with Gasteiger partial charge in [0.2, 0.25) is 21.7 Å². The van der Waals surface area contributed by atoms with Crippen LogP contribution in [0.5, 0.6) is 11.5 Å². The third-order valence-corrected chi connectivity index (χ3v) is 5.85. The van der Waals surface area contributed by atoms with E-state index >= 15 is 0 Å². The first-order chi connectivity index (χ1) is 15.7. The van der Waals surface area contributed by atoms with Crippen LogP contribution in [-0.4, -0.2) is 44.2 Å². The predicted octanol–water partition coefficient (Wildman–Crippen LogP) is 2.76. The lowest BCUT2D eigenvalue weighted by Crippen LogP contribution is -2.31. The number of nitrogens with zero attached hydrogens (tertiary/aromatic N) is 2. The Morgan fingerprint density at radius 3 is 2.52 bits per heavy atom. The number of carbonyl (C=O) groups is 1. The van der Waals surface area contributed by atoms with Crippen LogP contribution in [0.25, 0.3) is 11.4 Å². The van der Waals surface area contributed by atoms with Gasteiger partial charge in [-0.25, -0.2) is 13.1 Å². The summed E-state index contributed by atoms with van der Waals surface area (Å²) in [7, 11) is -2.56. The molecule has 0 saturated carbocycles. The minimum absolute atomic E-state index is 0.0914. The molecule has 2 aromatic carbocycles. The van der Waals surface area contributed by atoms with E-state index in [0.29, 0.717) is 18.0 Å². The Balaban J connectivity index is 1.73. The van der Waals surface area contributed by atoms with E-state index in [9.17, 15) is 13.2 Å². The van der Waals surface area contributed by atoms with Crippen molar-refractivity contribution in [3.05, 3.63) is 53.9 Å². The van der Waals surface area contributed by atoms with Gasteiger partial charge in [-0.05, 0) is 63.2 Å². The summed E-state index contributed by atoms with van der Waals surface area (Å²) in [6.45, 7) is 5.85. The highest BCUT2D eigenvalue weighted by molar-refractivity contribution is 7.89. The second-order valence-corrected chi connectivity index (χ2v) is 9.05. The Labute approximate surface area is 192 Å². The normalized spacial score (nSPS) is 11.4. The second kappa shape index (κ2) is 10.5. The van der Waals surface area contributed by atoms with Crippen LogP contribution >= 0.6 is 0 Å². The van der Waals surface area contributed by atoms with Gasteiger partial charge in [-0.3, -0.25) is 4.79 Å². The molecule has 0 radical (unpaired) electrons. The van der Waals surface area contributed by atoms with Crippen LogP contribution < -0.4 is 19.5 Å². The van der Waals surface area contributed by atoms with Gasteiger partial charge in [0, 0.05) is 11.6 Å². The van der Waals surface area contributed by atoms with Gasteiger partial charge in [-0.1, -0.05) is 5.16 Å². The lowest BCUT2D eigenvalue weighted by molar-refractivity contribution is 0.0940.